The van der Waals surface area contributed by atoms with Gasteiger partial charge in [-0.1, -0.05) is 5.16 Å². The highest BCUT2D eigenvalue weighted by Gasteiger charge is 2.23. The van der Waals surface area contributed by atoms with Crippen LogP contribution in [0.25, 0.3) is 0 Å². The SMILES string of the molecule is COCCc1noc(CN2CCO[C@H](CN(C)c3cccnn3)C2)n1. The molecule has 1 atom stereocenters. The van der Waals surface area contributed by atoms with E-state index in [0.717, 1.165) is 25.5 Å². The summed E-state index contributed by atoms with van der Waals surface area (Å²) in [6, 6.07) is 3.82. The Morgan fingerprint density at radius 3 is 3.16 bits per heavy atom. The van der Waals surface area contributed by atoms with E-state index in [1.54, 1.807) is 13.3 Å². The second-order valence-corrected chi connectivity index (χ2v) is 6.04. The largest absolute Gasteiger partial charge is 0.384 e. The van der Waals surface area contributed by atoms with Crippen LogP contribution in [0.5, 0.6) is 0 Å². The van der Waals surface area contributed by atoms with Crippen LogP contribution < -0.4 is 4.90 Å². The zero-order valence-electron chi connectivity index (χ0n) is 14.7. The first-order valence-corrected chi connectivity index (χ1v) is 8.38. The van der Waals surface area contributed by atoms with Crippen LogP contribution in [0, 0.1) is 0 Å². The Labute approximate surface area is 146 Å². The molecule has 0 aromatic carbocycles. The maximum atomic E-state index is 5.88. The maximum Gasteiger partial charge on any atom is 0.240 e. The number of hydrogen-bond acceptors (Lipinski definition) is 9. The zero-order chi connectivity index (χ0) is 17.5. The summed E-state index contributed by atoms with van der Waals surface area (Å²) in [5.74, 6) is 2.15. The average molecular weight is 348 g/mol. The smallest absolute Gasteiger partial charge is 0.240 e. The Balaban J connectivity index is 1.50. The van der Waals surface area contributed by atoms with Crippen molar-refractivity contribution in [2.75, 3.05) is 51.9 Å². The summed E-state index contributed by atoms with van der Waals surface area (Å²) in [6.07, 6.45) is 2.42. The number of morpholine rings is 1. The van der Waals surface area contributed by atoms with Crippen LogP contribution in [-0.2, 0) is 22.4 Å². The minimum Gasteiger partial charge on any atom is -0.384 e. The molecule has 0 saturated carbocycles. The second-order valence-electron chi connectivity index (χ2n) is 6.04. The molecule has 136 valence electrons. The van der Waals surface area contributed by atoms with Gasteiger partial charge in [-0.3, -0.25) is 4.90 Å². The van der Waals surface area contributed by atoms with Gasteiger partial charge >= 0.3 is 0 Å². The van der Waals surface area contributed by atoms with Crippen LogP contribution >= 0.6 is 0 Å². The molecule has 0 spiro atoms. The Hall–Kier alpha value is -2.10. The predicted octanol–water partition coefficient (Wildman–Crippen LogP) is 0.386. The molecule has 0 radical (unpaired) electrons. The van der Waals surface area contributed by atoms with Gasteiger partial charge < -0.3 is 18.9 Å². The van der Waals surface area contributed by atoms with Crippen molar-refractivity contribution in [1.29, 1.82) is 0 Å². The molecule has 3 rings (SSSR count). The molecule has 1 fully saturated rings. The van der Waals surface area contributed by atoms with Crippen molar-refractivity contribution in [3.8, 4) is 0 Å². The molecule has 25 heavy (non-hydrogen) atoms. The maximum absolute atomic E-state index is 5.88. The van der Waals surface area contributed by atoms with Crippen molar-refractivity contribution in [3.05, 3.63) is 30.0 Å². The third-order valence-corrected chi connectivity index (χ3v) is 4.05. The van der Waals surface area contributed by atoms with Crippen molar-refractivity contribution in [3.63, 3.8) is 0 Å². The summed E-state index contributed by atoms with van der Waals surface area (Å²) < 4.78 is 16.2. The highest BCUT2D eigenvalue weighted by Crippen LogP contribution is 2.13. The lowest BCUT2D eigenvalue weighted by Gasteiger charge is -2.34. The number of aromatic nitrogens is 4. The number of methoxy groups -OCH3 is 1. The van der Waals surface area contributed by atoms with Gasteiger partial charge in [0.15, 0.2) is 11.6 Å². The van der Waals surface area contributed by atoms with E-state index in [-0.39, 0.29) is 6.10 Å². The topological polar surface area (TPSA) is 89.6 Å². The van der Waals surface area contributed by atoms with Gasteiger partial charge in [-0.25, -0.2) is 0 Å². The first kappa shape index (κ1) is 17.7. The molecular formula is C16H24N6O3. The van der Waals surface area contributed by atoms with Crippen molar-refractivity contribution in [1.82, 2.24) is 25.2 Å². The molecule has 0 unspecified atom stereocenters. The fraction of sp³-hybridized carbons (Fsp3) is 0.625. The molecule has 0 amide bonds. The van der Waals surface area contributed by atoms with Gasteiger partial charge in [0.1, 0.15) is 0 Å². The molecule has 9 heteroatoms. The molecule has 2 aromatic rings. The number of hydrogen-bond donors (Lipinski definition) is 0. The van der Waals surface area contributed by atoms with E-state index in [1.807, 2.05) is 19.2 Å². The molecule has 1 aliphatic rings. The Morgan fingerprint density at radius 1 is 1.44 bits per heavy atom. The van der Waals surface area contributed by atoms with E-state index >= 15 is 0 Å². The van der Waals surface area contributed by atoms with Crippen molar-refractivity contribution >= 4 is 5.82 Å². The van der Waals surface area contributed by atoms with Gasteiger partial charge in [-0.2, -0.15) is 10.1 Å². The third kappa shape index (κ3) is 5.18. The van der Waals surface area contributed by atoms with E-state index in [1.165, 1.54) is 0 Å². The molecule has 0 N–H and O–H groups in total. The lowest BCUT2D eigenvalue weighted by atomic mass is 10.2. The summed E-state index contributed by atoms with van der Waals surface area (Å²) in [7, 11) is 3.65. The van der Waals surface area contributed by atoms with Gasteiger partial charge in [0.05, 0.1) is 25.9 Å². The number of anilines is 1. The predicted molar refractivity (Wildman–Crippen MR) is 90.2 cm³/mol. The van der Waals surface area contributed by atoms with E-state index in [0.29, 0.717) is 37.9 Å². The molecule has 0 bridgehead atoms. The van der Waals surface area contributed by atoms with Crippen LogP contribution in [-0.4, -0.2) is 78.3 Å². The normalized spacial score (nSPS) is 18.4. The molecule has 2 aromatic heterocycles. The van der Waals surface area contributed by atoms with Crippen LogP contribution in [0.4, 0.5) is 5.82 Å². The summed E-state index contributed by atoms with van der Waals surface area (Å²) in [5.41, 5.74) is 0. The van der Waals surface area contributed by atoms with Crippen LogP contribution in [0.3, 0.4) is 0 Å². The number of likely N-dealkylation sites (N-methyl/N-ethyl adjacent to an activating group) is 1. The molecule has 9 nitrogen and oxygen atoms in total. The first-order valence-electron chi connectivity index (χ1n) is 8.38. The second kappa shape index (κ2) is 8.84. The molecule has 0 aliphatic carbocycles. The average Bonchev–Trinajstić information content (AvgIpc) is 3.08. The zero-order valence-corrected chi connectivity index (χ0v) is 14.7. The standard InChI is InChI=1S/C16H24N6O3/c1-21(15-4-3-6-17-19-15)10-13-11-22(7-9-24-13)12-16-18-14(20-25-16)5-8-23-2/h3-4,6,13H,5,7-12H2,1-2H3/t13-/m1/s1. The molecule has 1 aliphatic heterocycles. The molecule has 1 saturated heterocycles. The molecular weight excluding hydrogens is 324 g/mol. The van der Waals surface area contributed by atoms with E-state index in [2.05, 4.69) is 30.1 Å². The van der Waals surface area contributed by atoms with Gasteiger partial charge in [0.2, 0.25) is 5.89 Å². The minimum atomic E-state index is 0.0941. The van der Waals surface area contributed by atoms with Crippen LogP contribution in [0.2, 0.25) is 0 Å². The van der Waals surface area contributed by atoms with Gasteiger partial charge in [-0.05, 0) is 12.1 Å². The quantitative estimate of drug-likeness (QED) is 0.672. The summed E-state index contributed by atoms with van der Waals surface area (Å²) in [4.78, 5) is 8.73. The van der Waals surface area contributed by atoms with Crippen LogP contribution in [0.15, 0.2) is 22.9 Å². The monoisotopic (exact) mass is 348 g/mol. The lowest BCUT2D eigenvalue weighted by molar-refractivity contribution is -0.0292. The summed E-state index contributed by atoms with van der Waals surface area (Å²) in [5, 5.41) is 12.0. The fourth-order valence-corrected chi connectivity index (χ4v) is 2.77. The lowest BCUT2D eigenvalue weighted by Crippen LogP contribution is -2.46. The molecule has 3 heterocycles. The minimum absolute atomic E-state index is 0.0941. The Bertz CT molecular complexity index is 638. The first-order chi connectivity index (χ1) is 12.2. The Kier molecular flexibility index (Phi) is 6.26. The third-order valence-electron chi connectivity index (χ3n) is 4.05. The summed E-state index contributed by atoms with van der Waals surface area (Å²) in [6.45, 7) is 4.31. The number of nitrogens with zero attached hydrogens (tertiary/aromatic N) is 6. The van der Waals surface area contributed by atoms with E-state index < -0.39 is 0 Å². The van der Waals surface area contributed by atoms with Crippen molar-refractivity contribution in [2.45, 2.75) is 19.1 Å². The van der Waals surface area contributed by atoms with Gasteiger partial charge in [-0.15, -0.1) is 5.10 Å². The van der Waals surface area contributed by atoms with E-state index in [4.69, 9.17) is 14.0 Å². The highest BCUT2D eigenvalue weighted by molar-refractivity contribution is 5.35. The van der Waals surface area contributed by atoms with Crippen LogP contribution in [0.1, 0.15) is 11.7 Å². The van der Waals surface area contributed by atoms with Crippen molar-refractivity contribution in [2.24, 2.45) is 0 Å². The highest BCUT2D eigenvalue weighted by atomic mass is 16.5. The van der Waals surface area contributed by atoms with Gasteiger partial charge in [0.25, 0.3) is 0 Å². The number of ether oxygens (including phenoxy) is 2. The fourth-order valence-electron chi connectivity index (χ4n) is 2.77. The van der Waals surface area contributed by atoms with E-state index in [9.17, 15) is 0 Å². The van der Waals surface area contributed by atoms with Gasteiger partial charge in [0, 0.05) is 46.4 Å². The van der Waals surface area contributed by atoms with Crippen molar-refractivity contribution < 1.29 is 14.0 Å². The summed E-state index contributed by atoms with van der Waals surface area (Å²) >= 11 is 0. The number of rotatable bonds is 8. The Morgan fingerprint density at radius 2 is 2.36 bits per heavy atom.